The monoisotopic (exact) mass is 371 g/mol. The highest BCUT2D eigenvalue weighted by Crippen LogP contribution is 2.33. The minimum atomic E-state index is 0.0366. The van der Waals surface area contributed by atoms with Gasteiger partial charge in [0, 0.05) is 36.2 Å². The van der Waals surface area contributed by atoms with Gasteiger partial charge >= 0.3 is 0 Å². The van der Waals surface area contributed by atoms with Gasteiger partial charge in [0.2, 0.25) is 0 Å². The minimum Gasteiger partial charge on any atom is -0.345 e. The fourth-order valence-corrected chi connectivity index (χ4v) is 4.71. The zero-order chi connectivity index (χ0) is 19.1. The van der Waals surface area contributed by atoms with Gasteiger partial charge in [0.1, 0.15) is 0 Å². The van der Waals surface area contributed by atoms with Gasteiger partial charge in [0.15, 0.2) is 0 Å². The van der Waals surface area contributed by atoms with Gasteiger partial charge in [-0.25, -0.2) is 0 Å². The van der Waals surface area contributed by atoms with Crippen LogP contribution in [0.15, 0.2) is 48.5 Å². The Hall–Kier alpha value is -2.72. The van der Waals surface area contributed by atoms with Crippen molar-refractivity contribution in [3.8, 4) is 0 Å². The van der Waals surface area contributed by atoms with Crippen molar-refractivity contribution < 1.29 is 4.79 Å². The lowest BCUT2D eigenvalue weighted by atomic mass is 9.94. The van der Waals surface area contributed by atoms with Crippen molar-refractivity contribution in [2.75, 3.05) is 13.1 Å². The first-order chi connectivity index (χ1) is 13.7. The van der Waals surface area contributed by atoms with Crippen LogP contribution in [0.5, 0.6) is 0 Å². The number of hydrogen-bond acceptors (Lipinski definition) is 3. The van der Waals surface area contributed by atoms with E-state index in [-0.39, 0.29) is 11.9 Å². The van der Waals surface area contributed by atoms with Crippen LogP contribution in [-0.2, 0) is 19.4 Å². The number of rotatable bonds is 3. The van der Waals surface area contributed by atoms with Crippen LogP contribution < -0.4 is 5.32 Å². The fourth-order valence-electron chi connectivity index (χ4n) is 4.71. The molecule has 1 atom stereocenters. The topological polar surface area (TPSA) is 45.2 Å². The SMILES string of the molecule is CCN1CCc2nc3ccccc3c(C(=O)N[C@@H]3CCc4ccccc43)c2C1. The minimum absolute atomic E-state index is 0.0366. The van der Waals surface area contributed by atoms with E-state index in [4.69, 9.17) is 4.98 Å². The van der Waals surface area contributed by atoms with Crippen molar-refractivity contribution in [2.45, 2.75) is 38.8 Å². The number of para-hydroxylation sites is 1. The molecule has 0 unspecified atom stereocenters. The largest absolute Gasteiger partial charge is 0.345 e. The summed E-state index contributed by atoms with van der Waals surface area (Å²) in [6, 6.07) is 16.6. The molecule has 0 fully saturated rings. The Morgan fingerprint density at radius 1 is 1.14 bits per heavy atom. The van der Waals surface area contributed by atoms with Gasteiger partial charge < -0.3 is 5.32 Å². The first-order valence-electron chi connectivity index (χ1n) is 10.3. The Kier molecular flexibility index (Phi) is 4.36. The number of carbonyl (C=O) groups excluding carboxylic acids is 1. The Morgan fingerprint density at radius 2 is 1.96 bits per heavy atom. The fraction of sp³-hybridized carbons (Fsp3) is 0.333. The van der Waals surface area contributed by atoms with E-state index in [2.05, 4.69) is 41.4 Å². The summed E-state index contributed by atoms with van der Waals surface area (Å²) < 4.78 is 0. The first kappa shape index (κ1) is 17.4. The third-order valence-electron chi connectivity index (χ3n) is 6.24. The van der Waals surface area contributed by atoms with Crippen LogP contribution in [0.1, 0.15) is 52.1 Å². The molecule has 1 amide bonds. The number of benzene rings is 2. The summed E-state index contributed by atoms with van der Waals surface area (Å²) in [6.45, 7) is 4.97. The van der Waals surface area contributed by atoms with E-state index < -0.39 is 0 Å². The molecule has 4 heteroatoms. The molecule has 2 aliphatic rings. The number of nitrogens with one attached hydrogen (secondary N) is 1. The number of aryl methyl sites for hydroxylation is 1. The second kappa shape index (κ2) is 7.02. The highest BCUT2D eigenvalue weighted by atomic mass is 16.1. The van der Waals surface area contributed by atoms with E-state index in [0.29, 0.717) is 0 Å². The normalized spacial score (nSPS) is 18.7. The number of likely N-dealkylation sites (N-methyl/N-ethyl adjacent to an activating group) is 1. The number of amides is 1. The molecule has 142 valence electrons. The number of aromatic nitrogens is 1. The molecule has 0 radical (unpaired) electrons. The zero-order valence-electron chi connectivity index (χ0n) is 16.2. The smallest absolute Gasteiger partial charge is 0.252 e. The summed E-state index contributed by atoms with van der Waals surface area (Å²) in [5.41, 5.74) is 6.55. The van der Waals surface area contributed by atoms with Gasteiger partial charge in [-0.1, -0.05) is 49.4 Å². The lowest BCUT2D eigenvalue weighted by molar-refractivity contribution is 0.0935. The van der Waals surface area contributed by atoms with Crippen LogP contribution in [-0.4, -0.2) is 28.9 Å². The predicted octanol–water partition coefficient (Wildman–Crippen LogP) is 4.03. The summed E-state index contributed by atoms with van der Waals surface area (Å²) in [5.74, 6) is 0.0366. The Balaban J connectivity index is 1.57. The van der Waals surface area contributed by atoms with Crippen molar-refractivity contribution >= 4 is 16.8 Å². The van der Waals surface area contributed by atoms with Gasteiger partial charge in [-0.15, -0.1) is 0 Å². The molecule has 0 bridgehead atoms. The number of fused-ring (bicyclic) bond motifs is 3. The van der Waals surface area contributed by atoms with Gasteiger partial charge in [-0.05, 0) is 36.6 Å². The first-order valence-corrected chi connectivity index (χ1v) is 10.3. The molecule has 1 aliphatic carbocycles. The van der Waals surface area contributed by atoms with Crippen LogP contribution in [0, 0.1) is 0 Å². The number of pyridine rings is 1. The maximum Gasteiger partial charge on any atom is 0.252 e. The van der Waals surface area contributed by atoms with Gasteiger partial charge in [-0.3, -0.25) is 14.7 Å². The van der Waals surface area contributed by atoms with E-state index in [1.54, 1.807) is 0 Å². The number of nitrogens with zero attached hydrogens (tertiary/aromatic N) is 2. The maximum atomic E-state index is 13.5. The highest BCUT2D eigenvalue weighted by molar-refractivity contribution is 6.08. The molecule has 1 aliphatic heterocycles. The summed E-state index contributed by atoms with van der Waals surface area (Å²) in [4.78, 5) is 20.8. The molecule has 2 heterocycles. The molecule has 1 aromatic heterocycles. The summed E-state index contributed by atoms with van der Waals surface area (Å²) in [6.07, 6.45) is 2.90. The van der Waals surface area contributed by atoms with Crippen molar-refractivity contribution in [1.82, 2.24) is 15.2 Å². The molecule has 2 aromatic carbocycles. The third-order valence-corrected chi connectivity index (χ3v) is 6.24. The average Bonchev–Trinajstić information content (AvgIpc) is 3.14. The molecule has 3 aromatic rings. The molecule has 0 saturated heterocycles. The Bertz CT molecular complexity index is 1060. The van der Waals surface area contributed by atoms with Gasteiger partial charge in [0.25, 0.3) is 5.91 Å². The van der Waals surface area contributed by atoms with E-state index in [1.165, 1.54) is 11.1 Å². The van der Waals surface area contributed by atoms with E-state index in [1.807, 2.05) is 24.3 Å². The predicted molar refractivity (Wildman–Crippen MR) is 111 cm³/mol. The molecule has 1 N–H and O–H groups in total. The summed E-state index contributed by atoms with van der Waals surface area (Å²) in [5, 5.41) is 4.30. The van der Waals surface area contributed by atoms with Crippen molar-refractivity contribution in [3.63, 3.8) is 0 Å². The van der Waals surface area contributed by atoms with E-state index in [0.717, 1.165) is 66.6 Å². The van der Waals surface area contributed by atoms with Gasteiger partial charge in [-0.2, -0.15) is 0 Å². The van der Waals surface area contributed by atoms with Crippen LogP contribution in [0.3, 0.4) is 0 Å². The molecule has 5 rings (SSSR count). The van der Waals surface area contributed by atoms with Crippen LogP contribution in [0.25, 0.3) is 10.9 Å². The Labute approximate surface area is 165 Å². The van der Waals surface area contributed by atoms with Crippen molar-refractivity contribution in [1.29, 1.82) is 0 Å². The molecule has 0 spiro atoms. The van der Waals surface area contributed by atoms with Gasteiger partial charge in [0.05, 0.1) is 17.1 Å². The molecular weight excluding hydrogens is 346 g/mol. The quantitative estimate of drug-likeness (QED) is 0.756. The second-order valence-electron chi connectivity index (χ2n) is 7.81. The average molecular weight is 371 g/mol. The standard InChI is InChI=1S/C24H25N3O/c1-2-27-14-13-22-19(15-27)23(18-9-5-6-10-20(18)25-22)24(28)26-21-12-11-16-7-3-4-8-17(16)21/h3-10,21H,2,11-15H2,1H3,(H,26,28)/t21-/m1/s1. The Morgan fingerprint density at radius 3 is 2.86 bits per heavy atom. The van der Waals surface area contributed by atoms with E-state index in [9.17, 15) is 4.79 Å². The van der Waals surface area contributed by atoms with Crippen LogP contribution in [0.2, 0.25) is 0 Å². The van der Waals surface area contributed by atoms with Crippen LogP contribution >= 0.6 is 0 Å². The maximum absolute atomic E-state index is 13.5. The summed E-state index contributed by atoms with van der Waals surface area (Å²) in [7, 11) is 0. The molecule has 0 saturated carbocycles. The lowest BCUT2D eigenvalue weighted by Gasteiger charge is -2.29. The van der Waals surface area contributed by atoms with Crippen molar-refractivity contribution in [2.24, 2.45) is 0 Å². The molecular formula is C24H25N3O. The highest BCUT2D eigenvalue weighted by Gasteiger charge is 2.28. The van der Waals surface area contributed by atoms with E-state index >= 15 is 0 Å². The molecule has 28 heavy (non-hydrogen) atoms. The summed E-state index contributed by atoms with van der Waals surface area (Å²) >= 11 is 0. The number of carbonyl (C=O) groups is 1. The van der Waals surface area contributed by atoms with Crippen LogP contribution in [0.4, 0.5) is 0 Å². The lowest BCUT2D eigenvalue weighted by Crippen LogP contribution is -2.35. The second-order valence-corrected chi connectivity index (χ2v) is 7.81. The van der Waals surface area contributed by atoms with Crippen molar-refractivity contribution in [3.05, 3.63) is 76.5 Å². The third kappa shape index (κ3) is 2.89. The molecule has 4 nitrogen and oxygen atoms in total. The number of hydrogen-bond donors (Lipinski definition) is 1. The zero-order valence-corrected chi connectivity index (χ0v) is 16.2.